The number of hydrogen-bond donors (Lipinski definition) is 2. The van der Waals surface area contributed by atoms with Gasteiger partial charge >= 0.3 is 0 Å². The van der Waals surface area contributed by atoms with Gasteiger partial charge in [0.05, 0.1) is 24.2 Å². The quantitative estimate of drug-likeness (QED) is 0.559. The van der Waals surface area contributed by atoms with Crippen LogP contribution in [0.5, 0.6) is 0 Å². The Morgan fingerprint density at radius 2 is 1.03 bits per heavy atom. The van der Waals surface area contributed by atoms with Crippen molar-refractivity contribution in [3.05, 3.63) is 57.6 Å². The molecule has 10 heteroatoms. The van der Waals surface area contributed by atoms with Crippen LogP contribution in [0.3, 0.4) is 0 Å². The van der Waals surface area contributed by atoms with Gasteiger partial charge in [-0.1, -0.05) is 35.3 Å². The lowest BCUT2D eigenvalue weighted by atomic mass is 10.1. The number of halogens is 2. The third kappa shape index (κ3) is 4.32. The smallest absolute Gasteiger partial charge is 0.292 e. The highest BCUT2D eigenvalue weighted by atomic mass is 35.5. The van der Waals surface area contributed by atoms with Gasteiger partial charge in [-0.25, -0.2) is 9.80 Å². The first-order chi connectivity index (χ1) is 17.2. The molecule has 0 spiro atoms. The highest BCUT2D eigenvalue weighted by molar-refractivity contribution is 6.32. The van der Waals surface area contributed by atoms with Crippen molar-refractivity contribution in [2.75, 3.05) is 36.0 Å². The average Bonchev–Trinajstić information content (AvgIpc) is 3.31. The van der Waals surface area contributed by atoms with E-state index in [4.69, 9.17) is 23.2 Å². The molecule has 0 bridgehead atoms. The summed E-state index contributed by atoms with van der Waals surface area (Å²) in [7, 11) is 0. The number of nitrogens with zero attached hydrogens (tertiary/aromatic N) is 2. The first-order valence-corrected chi connectivity index (χ1v) is 12.9. The summed E-state index contributed by atoms with van der Waals surface area (Å²) in [6.45, 7) is 6.24. The van der Waals surface area contributed by atoms with E-state index in [9.17, 15) is 19.2 Å². The van der Waals surface area contributed by atoms with Crippen molar-refractivity contribution in [1.29, 1.82) is 0 Å². The summed E-state index contributed by atoms with van der Waals surface area (Å²) in [5, 5.41) is 0.948. The maximum absolute atomic E-state index is 13.3. The molecule has 36 heavy (non-hydrogen) atoms. The van der Waals surface area contributed by atoms with Crippen molar-refractivity contribution < 1.29 is 29.0 Å². The molecule has 0 aliphatic carbocycles. The van der Waals surface area contributed by atoms with Crippen LogP contribution in [0.1, 0.15) is 24.0 Å². The summed E-state index contributed by atoms with van der Waals surface area (Å²) in [5.74, 6) is -0.861. The number of anilines is 2. The van der Waals surface area contributed by atoms with Gasteiger partial charge in [-0.3, -0.25) is 19.2 Å². The maximum atomic E-state index is 13.3. The number of aryl methyl sites for hydroxylation is 2. The standard InChI is InChI=1S/C26H26Cl2N4O4/c1-15-3-5-17(27)11-19(15)31-23(33)13-21(25(31)35)29-7-9-30(10-8-29)22-14-24(34)32(26(22)36)20-12-18(28)6-4-16(20)2/h3-6,11-12,21-22H,7-10,13-14H2,1-2H3/p+2/t21-,22-/m0/s1. The molecular weight excluding hydrogens is 503 g/mol. The molecule has 4 amide bonds. The van der Waals surface area contributed by atoms with Crippen LogP contribution < -0.4 is 19.6 Å². The molecule has 3 fully saturated rings. The maximum Gasteiger partial charge on any atom is 0.292 e. The molecule has 3 saturated heterocycles. The van der Waals surface area contributed by atoms with E-state index >= 15 is 0 Å². The van der Waals surface area contributed by atoms with Crippen LogP contribution >= 0.6 is 23.2 Å². The summed E-state index contributed by atoms with van der Waals surface area (Å²) in [5.41, 5.74) is 2.70. The number of piperazine rings is 1. The van der Waals surface area contributed by atoms with Crippen LogP contribution in [-0.2, 0) is 19.2 Å². The second-order valence-corrected chi connectivity index (χ2v) is 10.7. The van der Waals surface area contributed by atoms with Gasteiger partial charge in [0.25, 0.3) is 11.8 Å². The predicted molar refractivity (Wildman–Crippen MR) is 136 cm³/mol. The predicted octanol–water partition coefficient (Wildman–Crippen LogP) is 0.358. The minimum Gasteiger partial charge on any atom is -0.315 e. The summed E-state index contributed by atoms with van der Waals surface area (Å²) >= 11 is 12.2. The molecule has 3 aliphatic heterocycles. The van der Waals surface area contributed by atoms with Crippen molar-refractivity contribution in [2.45, 2.75) is 38.8 Å². The number of benzene rings is 2. The molecular formula is C26H28Cl2N4O4+2. The van der Waals surface area contributed by atoms with Crippen LogP contribution in [0.4, 0.5) is 11.4 Å². The number of imide groups is 2. The van der Waals surface area contributed by atoms with Crippen LogP contribution in [-0.4, -0.2) is 61.9 Å². The van der Waals surface area contributed by atoms with Gasteiger partial charge < -0.3 is 9.80 Å². The Labute approximate surface area is 219 Å². The van der Waals surface area contributed by atoms with E-state index < -0.39 is 12.1 Å². The summed E-state index contributed by atoms with van der Waals surface area (Å²) in [6.07, 6.45) is 0.302. The van der Waals surface area contributed by atoms with Gasteiger partial charge in [0, 0.05) is 10.0 Å². The molecule has 2 N–H and O–H groups in total. The Hall–Kier alpha value is -2.78. The van der Waals surface area contributed by atoms with E-state index in [1.165, 1.54) is 9.80 Å². The number of rotatable bonds is 4. The Balaban J connectivity index is 1.26. The minimum absolute atomic E-state index is 0.151. The zero-order valence-electron chi connectivity index (χ0n) is 20.1. The Morgan fingerprint density at radius 3 is 1.39 bits per heavy atom. The highest BCUT2D eigenvalue weighted by Crippen LogP contribution is 2.30. The monoisotopic (exact) mass is 530 g/mol. The SMILES string of the molecule is Cc1ccc(Cl)cc1N1C(=O)C[C@H]([NH+]2CC[NH+]([C@H]3CC(=O)N(c4cc(Cl)ccc4C)C3=O)CC2)C1=O. The fourth-order valence-corrected chi connectivity index (χ4v) is 5.98. The highest BCUT2D eigenvalue weighted by Gasteiger charge is 2.51. The molecule has 2 aromatic carbocycles. The number of amides is 4. The van der Waals surface area contributed by atoms with Gasteiger partial charge in [0.2, 0.25) is 11.8 Å². The molecule has 3 aliphatic rings. The first-order valence-electron chi connectivity index (χ1n) is 12.1. The van der Waals surface area contributed by atoms with Crippen molar-refractivity contribution >= 4 is 58.2 Å². The van der Waals surface area contributed by atoms with Gasteiger partial charge in [0.15, 0.2) is 12.1 Å². The van der Waals surface area contributed by atoms with Crippen molar-refractivity contribution in [2.24, 2.45) is 0 Å². The second kappa shape index (κ2) is 9.59. The first kappa shape index (κ1) is 24.9. The fourth-order valence-electron chi connectivity index (χ4n) is 5.64. The van der Waals surface area contributed by atoms with E-state index in [1.54, 1.807) is 36.4 Å². The molecule has 5 rings (SSSR count). The lowest BCUT2D eigenvalue weighted by Crippen LogP contribution is -3.31. The van der Waals surface area contributed by atoms with E-state index in [0.717, 1.165) is 20.9 Å². The number of hydrogen-bond acceptors (Lipinski definition) is 4. The van der Waals surface area contributed by atoms with E-state index in [0.29, 0.717) is 47.6 Å². The van der Waals surface area contributed by atoms with E-state index in [-0.39, 0.29) is 36.5 Å². The number of carbonyl (C=O) groups excluding carboxylic acids is 4. The third-order valence-corrected chi connectivity index (χ3v) is 8.11. The van der Waals surface area contributed by atoms with Crippen LogP contribution in [0, 0.1) is 13.8 Å². The third-order valence-electron chi connectivity index (χ3n) is 7.64. The van der Waals surface area contributed by atoms with E-state index in [2.05, 4.69) is 0 Å². The molecule has 0 radical (unpaired) electrons. The van der Waals surface area contributed by atoms with E-state index in [1.807, 2.05) is 13.8 Å². The molecule has 3 heterocycles. The number of quaternary nitrogens is 2. The Morgan fingerprint density at radius 1 is 0.667 bits per heavy atom. The van der Waals surface area contributed by atoms with Crippen LogP contribution in [0.25, 0.3) is 0 Å². The topological polar surface area (TPSA) is 83.6 Å². The van der Waals surface area contributed by atoms with Crippen LogP contribution in [0.2, 0.25) is 10.0 Å². The molecule has 2 aromatic rings. The minimum atomic E-state index is -0.455. The van der Waals surface area contributed by atoms with Crippen molar-refractivity contribution in [3.63, 3.8) is 0 Å². The summed E-state index contributed by atoms with van der Waals surface area (Å²) in [6, 6.07) is 9.47. The van der Waals surface area contributed by atoms with Crippen molar-refractivity contribution in [3.8, 4) is 0 Å². The summed E-state index contributed by atoms with van der Waals surface area (Å²) in [4.78, 5) is 56.8. The Bertz CT molecular complexity index is 1180. The summed E-state index contributed by atoms with van der Waals surface area (Å²) < 4.78 is 0. The average molecular weight is 531 g/mol. The molecule has 0 unspecified atom stereocenters. The van der Waals surface area contributed by atoms with Gasteiger partial charge in [0.1, 0.15) is 26.2 Å². The van der Waals surface area contributed by atoms with Gasteiger partial charge in [-0.15, -0.1) is 0 Å². The zero-order chi connectivity index (χ0) is 25.7. The Kier molecular flexibility index (Phi) is 6.63. The van der Waals surface area contributed by atoms with Gasteiger partial charge in [-0.05, 0) is 49.2 Å². The molecule has 0 saturated carbocycles. The lowest BCUT2D eigenvalue weighted by molar-refractivity contribution is -1.02. The molecule has 0 aromatic heterocycles. The number of nitrogens with one attached hydrogen (secondary N) is 2. The normalized spacial score (nSPS) is 26.9. The number of carbonyl (C=O) groups is 4. The molecule has 188 valence electrons. The fraction of sp³-hybridized carbons (Fsp3) is 0.385. The van der Waals surface area contributed by atoms with Crippen molar-refractivity contribution in [1.82, 2.24) is 0 Å². The molecule has 2 atom stereocenters. The van der Waals surface area contributed by atoms with Crippen LogP contribution in [0.15, 0.2) is 36.4 Å². The molecule has 8 nitrogen and oxygen atoms in total. The zero-order valence-corrected chi connectivity index (χ0v) is 21.7. The van der Waals surface area contributed by atoms with Gasteiger partial charge in [-0.2, -0.15) is 0 Å². The largest absolute Gasteiger partial charge is 0.315 e. The second-order valence-electron chi connectivity index (χ2n) is 9.83. The lowest BCUT2D eigenvalue weighted by Gasteiger charge is -2.34.